The first-order valence-corrected chi connectivity index (χ1v) is 9.21. The van der Waals surface area contributed by atoms with Gasteiger partial charge in [-0.1, -0.05) is 29.3 Å². The van der Waals surface area contributed by atoms with Crippen LogP contribution in [0, 0.1) is 0 Å². The van der Waals surface area contributed by atoms with Crippen molar-refractivity contribution in [2.24, 2.45) is 4.99 Å². The van der Waals surface area contributed by atoms with Crippen molar-refractivity contribution in [3.05, 3.63) is 33.8 Å². The van der Waals surface area contributed by atoms with Crippen molar-refractivity contribution in [1.29, 1.82) is 0 Å². The highest BCUT2D eigenvalue weighted by Gasteiger charge is 2.09. The fourth-order valence-electron chi connectivity index (χ4n) is 2.55. The summed E-state index contributed by atoms with van der Waals surface area (Å²) in [5.74, 6) is 0.828. The van der Waals surface area contributed by atoms with Gasteiger partial charge >= 0.3 is 0 Å². The van der Waals surface area contributed by atoms with E-state index in [0.29, 0.717) is 10.0 Å². The van der Waals surface area contributed by atoms with Crippen molar-refractivity contribution < 1.29 is 4.74 Å². The SMILES string of the molecule is CCNC(=NCCN1CCOCC1)NCCc1c(Cl)cccc1Cl. The highest BCUT2D eigenvalue weighted by molar-refractivity contribution is 6.35. The first-order valence-electron chi connectivity index (χ1n) is 8.46. The number of halogens is 2. The molecule has 134 valence electrons. The lowest BCUT2D eigenvalue weighted by Crippen LogP contribution is -2.40. The molecule has 1 fully saturated rings. The Balaban J connectivity index is 1.78. The van der Waals surface area contributed by atoms with Crippen molar-refractivity contribution in [3.8, 4) is 0 Å². The molecule has 1 aromatic rings. The van der Waals surface area contributed by atoms with E-state index in [2.05, 4.69) is 27.4 Å². The Hall–Kier alpha value is -1.01. The summed E-state index contributed by atoms with van der Waals surface area (Å²) in [5.41, 5.74) is 0.970. The van der Waals surface area contributed by atoms with Crippen LogP contribution in [-0.2, 0) is 11.2 Å². The first-order chi connectivity index (χ1) is 11.7. The van der Waals surface area contributed by atoms with Crippen LogP contribution in [0.15, 0.2) is 23.2 Å². The lowest BCUT2D eigenvalue weighted by Gasteiger charge is -2.25. The number of hydrogen-bond acceptors (Lipinski definition) is 3. The maximum Gasteiger partial charge on any atom is 0.191 e. The Kier molecular flexibility index (Phi) is 8.67. The van der Waals surface area contributed by atoms with E-state index in [1.54, 1.807) is 0 Å². The van der Waals surface area contributed by atoms with Crippen LogP contribution in [0.25, 0.3) is 0 Å². The fraction of sp³-hybridized carbons (Fsp3) is 0.588. The van der Waals surface area contributed by atoms with Crippen molar-refractivity contribution in [2.45, 2.75) is 13.3 Å². The Morgan fingerprint density at radius 1 is 1.21 bits per heavy atom. The minimum atomic E-state index is 0.707. The lowest BCUT2D eigenvalue weighted by molar-refractivity contribution is 0.0394. The number of benzene rings is 1. The normalized spacial score (nSPS) is 16.2. The summed E-state index contributed by atoms with van der Waals surface area (Å²) in [5, 5.41) is 8.02. The Labute approximate surface area is 154 Å². The molecule has 2 rings (SSSR count). The number of morpholine rings is 1. The predicted molar refractivity (Wildman–Crippen MR) is 101 cm³/mol. The molecule has 2 N–H and O–H groups in total. The van der Waals surface area contributed by atoms with Crippen molar-refractivity contribution in [2.75, 3.05) is 52.5 Å². The number of aliphatic imine (C=N–C) groups is 1. The van der Waals surface area contributed by atoms with Gasteiger partial charge in [0.25, 0.3) is 0 Å². The molecule has 0 unspecified atom stereocenters. The van der Waals surface area contributed by atoms with Gasteiger partial charge in [-0.05, 0) is 31.0 Å². The van der Waals surface area contributed by atoms with Gasteiger partial charge in [0.05, 0.1) is 19.8 Å². The van der Waals surface area contributed by atoms with E-state index in [-0.39, 0.29) is 0 Å². The maximum absolute atomic E-state index is 6.20. The molecule has 1 aromatic carbocycles. The average Bonchev–Trinajstić information content (AvgIpc) is 2.58. The van der Waals surface area contributed by atoms with Gasteiger partial charge in [0.2, 0.25) is 0 Å². The van der Waals surface area contributed by atoms with Gasteiger partial charge in [0, 0.05) is 42.8 Å². The van der Waals surface area contributed by atoms with Crippen LogP contribution >= 0.6 is 23.2 Å². The predicted octanol–water partition coefficient (Wildman–Crippen LogP) is 2.42. The molecule has 24 heavy (non-hydrogen) atoms. The smallest absolute Gasteiger partial charge is 0.191 e. The van der Waals surface area contributed by atoms with Gasteiger partial charge in [-0.2, -0.15) is 0 Å². The third-order valence-corrected chi connectivity index (χ3v) is 4.57. The molecule has 1 heterocycles. The van der Waals surface area contributed by atoms with E-state index >= 15 is 0 Å². The molecule has 1 aliphatic rings. The van der Waals surface area contributed by atoms with Gasteiger partial charge in [-0.25, -0.2) is 0 Å². The third kappa shape index (κ3) is 6.48. The molecule has 0 aliphatic carbocycles. The summed E-state index contributed by atoms with van der Waals surface area (Å²) in [6.45, 7) is 8.96. The maximum atomic E-state index is 6.20. The zero-order valence-corrected chi connectivity index (χ0v) is 15.7. The van der Waals surface area contributed by atoms with Crippen LogP contribution in [0.4, 0.5) is 0 Å². The van der Waals surface area contributed by atoms with Crippen LogP contribution in [0.1, 0.15) is 12.5 Å². The molecule has 0 bridgehead atoms. The molecule has 0 saturated carbocycles. The Morgan fingerprint density at radius 2 is 1.92 bits per heavy atom. The topological polar surface area (TPSA) is 48.9 Å². The quantitative estimate of drug-likeness (QED) is 0.569. The second-order valence-corrected chi connectivity index (χ2v) is 6.41. The molecule has 1 aliphatic heterocycles. The first kappa shape index (κ1) is 19.3. The van der Waals surface area contributed by atoms with Crippen LogP contribution in [0.5, 0.6) is 0 Å². The standard InChI is InChI=1S/C17H26Cl2N4O/c1-2-20-17(22-8-9-23-10-12-24-13-11-23)21-7-6-14-15(18)4-3-5-16(14)19/h3-5H,2,6-13H2,1H3,(H2,20,21,22). The number of nitrogens with one attached hydrogen (secondary N) is 2. The highest BCUT2D eigenvalue weighted by Crippen LogP contribution is 2.24. The molecule has 0 amide bonds. The Morgan fingerprint density at radius 3 is 2.58 bits per heavy atom. The summed E-state index contributed by atoms with van der Waals surface area (Å²) in [6, 6.07) is 5.59. The number of rotatable bonds is 7. The van der Waals surface area contributed by atoms with Gasteiger partial charge in [0.15, 0.2) is 5.96 Å². The van der Waals surface area contributed by atoms with E-state index in [1.807, 2.05) is 18.2 Å². The third-order valence-electron chi connectivity index (χ3n) is 3.86. The Bertz CT molecular complexity index is 513. The van der Waals surface area contributed by atoms with Crippen molar-refractivity contribution in [1.82, 2.24) is 15.5 Å². The number of hydrogen-bond donors (Lipinski definition) is 2. The fourth-order valence-corrected chi connectivity index (χ4v) is 3.13. The van der Waals surface area contributed by atoms with E-state index in [0.717, 1.165) is 70.4 Å². The number of nitrogens with zero attached hydrogens (tertiary/aromatic N) is 2. The minimum Gasteiger partial charge on any atom is -0.379 e. The van der Waals surface area contributed by atoms with Crippen LogP contribution in [0.3, 0.4) is 0 Å². The molecular weight excluding hydrogens is 347 g/mol. The molecule has 0 spiro atoms. The van der Waals surface area contributed by atoms with E-state index in [9.17, 15) is 0 Å². The van der Waals surface area contributed by atoms with E-state index < -0.39 is 0 Å². The zero-order chi connectivity index (χ0) is 17.2. The highest BCUT2D eigenvalue weighted by atomic mass is 35.5. The molecule has 0 radical (unpaired) electrons. The van der Waals surface area contributed by atoms with E-state index in [1.165, 1.54) is 0 Å². The van der Waals surface area contributed by atoms with Crippen molar-refractivity contribution >= 4 is 29.2 Å². The zero-order valence-electron chi connectivity index (χ0n) is 14.2. The monoisotopic (exact) mass is 372 g/mol. The number of ether oxygens (including phenoxy) is 1. The molecule has 0 aromatic heterocycles. The van der Waals surface area contributed by atoms with Gasteiger partial charge in [0.1, 0.15) is 0 Å². The van der Waals surface area contributed by atoms with Gasteiger partial charge in [-0.3, -0.25) is 9.89 Å². The summed E-state index contributed by atoms with van der Waals surface area (Å²) >= 11 is 12.4. The second kappa shape index (κ2) is 10.8. The summed E-state index contributed by atoms with van der Waals surface area (Å²) in [6.07, 6.45) is 0.756. The van der Waals surface area contributed by atoms with Crippen LogP contribution < -0.4 is 10.6 Å². The van der Waals surface area contributed by atoms with Crippen molar-refractivity contribution in [3.63, 3.8) is 0 Å². The minimum absolute atomic E-state index is 0.707. The molecule has 1 saturated heterocycles. The van der Waals surface area contributed by atoms with E-state index in [4.69, 9.17) is 27.9 Å². The summed E-state index contributed by atoms with van der Waals surface area (Å²) in [4.78, 5) is 7.00. The second-order valence-electron chi connectivity index (χ2n) is 5.59. The van der Waals surface area contributed by atoms with Gasteiger partial charge < -0.3 is 15.4 Å². The molecular formula is C17H26Cl2N4O. The number of guanidine groups is 1. The molecule has 0 atom stereocenters. The lowest BCUT2D eigenvalue weighted by atomic mass is 10.1. The van der Waals surface area contributed by atoms with Crippen LogP contribution in [-0.4, -0.2) is 63.3 Å². The molecule has 7 heteroatoms. The van der Waals surface area contributed by atoms with Gasteiger partial charge in [-0.15, -0.1) is 0 Å². The summed E-state index contributed by atoms with van der Waals surface area (Å²) in [7, 11) is 0. The largest absolute Gasteiger partial charge is 0.379 e. The van der Waals surface area contributed by atoms with Crippen LogP contribution in [0.2, 0.25) is 10.0 Å². The average molecular weight is 373 g/mol. The summed E-state index contributed by atoms with van der Waals surface area (Å²) < 4.78 is 5.36. The molecule has 5 nitrogen and oxygen atoms in total.